The van der Waals surface area contributed by atoms with E-state index in [0.29, 0.717) is 41.7 Å². The third-order valence-corrected chi connectivity index (χ3v) is 5.58. The molecule has 0 bridgehead atoms. The summed E-state index contributed by atoms with van der Waals surface area (Å²) < 4.78 is 13.8. The van der Waals surface area contributed by atoms with E-state index in [1.54, 1.807) is 6.20 Å². The zero-order valence-electron chi connectivity index (χ0n) is 18.3. The topological polar surface area (TPSA) is 114 Å². The highest BCUT2D eigenvalue weighted by Crippen LogP contribution is 2.33. The highest BCUT2D eigenvalue weighted by molar-refractivity contribution is 5.87. The molecule has 9 heteroatoms. The molecule has 0 radical (unpaired) electrons. The molecule has 33 heavy (non-hydrogen) atoms. The molecule has 2 aromatic carbocycles. The largest absolute Gasteiger partial charge is 0.488 e. The van der Waals surface area contributed by atoms with Gasteiger partial charge in [-0.2, -0.15) is 0 Å². The van der Waals surface area contributed by atoms with Gasteiger partial charge in [-0.15, -0.1) is 0 Å². The summed E-state index contributed by atoms with van der Waals surface area (Å²) in [7, 11) is 2.05. The van der Waals surface area contributed by atoms with Gasteiger partial charge in [-0.3, -0.25) is 4.90 Å². The molecule has 3 heterocycles. The number of nitrogen functional groups attached to an aromatic ring is 1. The Balaban J connectivity index is 1.49. The summed E-state index contributed by atoms with van der Waals surface area (Å²) in [6.07, 6.45) is 6.75. The highest BCUT2D eigenvalue weighted by Gasteiger charge is 2.14. The molecule has 0 unspecified atom stereocenters. The van der Waals surface area contributed by atoms with Crippen molar-refractivity contribution in [1.29, 1.82) is 5.41 Å². The minimum Gasteiger partial charge on any atom is -0.488 e. The van der Waals surface area contributed by atoms with Crippen LogP contribution in [-0.2, 0) is 0 Å². The van der Waals surface area contributed by atoms with Crippen LogP contribution < -0.4 is 20.5 Å². The maximum absolute atomic E-state index is 7.46. The second-order valence-electron chi connectivity index (χ2n) is 7.91. The van der Waals surface area contributed by atoms with Crippen LogP contribution in [0, 0.1) is 5.41 Å². The monoisotopic (exact) mass is 443 g/mol. The summed E-state index contributed by atoms with van der Waals surface area (Å²) in [5.74, 6) is 2.03. The van der Waals surface area contributed by atoms with E-state index in [9.17, 15) is 0 Å². The van der Waals surface area contributed by atoms with Gasteiger partial charge in [0.05, 0.1) is 5.69 Å². The number of ether oxygens (including phenoxy) is 2. The zero-order valence-corrected chi connectivity index (χ0v) is 18.3. The number of benzene rings is 2. The van der Waals surface area contributed by atoms with E-state index in [0.717, 1.165) is 35.8 Å². The lowest BCUT2D eigenvalue weighted by Gasteiger charge is -2.14. The predicted molar refractivity (Wildman–Crippen MR) is 129 cm³/mol. The van der Waals surface area contributed by atoms with Crippen molar-refractivity contribution in [3.05, 3.63) is 60.6 Å². The van der Waals surface area contributed by atoms with Crippen molar-refractivity contribution in [2.24, 2.45) is 0 Å². The second-order valence-corrected chi connectivity index (χ2v) is 7.91. The Kier molecular flexibility index (Phi) is 5.54. The number of likely N-dealkylation sites (N-methyl/N-ethyl adjacent to an activating group) is 1. The number of aromatic nitrogens is 3. The summed E-state index contributed by atoms with van der Waals surface area (Å²) in [6.45, 7) is 2.88. The summed E-state index contributed by atoms with van der Waals surface area (Å²) in [5.41, 5.74) is 10.4. The Hall–Kier alpha value is -4.11. The third kappa shape index (κ3) is 4.31. The third-order valence-electron chi connectivity index (χ3n) is 5.58. The van der Waals surface area contributed by atoms with Gasteiger partial charge in [0.15, 0.2) is 23.0 Å². The number of nitrogens with zero attached hydrogens (tertiary/aromatic N) is 4. The molecule has 0 amide bonds. The molecule has 2 aromatic heterocycles. The quantitative estimate of drug-likeness (QED) is 0.327. The van der Waals surface area contributed by atoms with Crippen molar-refractivity contribution < 1.29 is 9.47 Å². The van der Waals surface area contributed by atoms with Gasteiger partial charge >= 0.3 is 0 Å². The van der Waals surface area contributed by atoms with Crippen LogP contribution in [0.1, 0.15) is 5.56 Å². The first-order valence-corrected chi connectivity index (χ1v) is 10.7. The van der Waals surface area contributed by atoms with Crippen molar-refractivity contribution in [3.8, 4) is 22.8 Å². The number of rotatable bonds is 4. The molecule has 4 aromatic rings. The lowest BCUT2D eigenvalue weighted by atomic mass is 10.1. The fourth-order valence-electron chi connectivity index (χ4n) is 3.71. The highest BCUT2D eigenvalue weighted by atomic mass is 16.5. The molecule has 0 aliphatic carbocycles. The van der Waals surface area contributed by atoms with Crippen LogP contribution in [-0.4, -0.2) is 58.8 Å². The molecule has 168 valence electrons. The Morgan fingerprint density at radius 2 is 1.91 bits per heavy atom. The van der Waals surface area contributed by atoms with Crippen LogP contribution in [0.3, 0.4) is 0 Å². The van der Waals surface area contributed by atoms with Crippen molar-refractivity contribution >= 4 is 29.1 Å². The Morgan fingerprint density at radius 3 is 2.70 bits per heavy atom. The molecule has 0 spiro atoms. The number of anilines is 3. The fourth-order valence-corrected chi connectivity index (χ4v) is 3.71. The van der Waals surface area contributed by atoms with E-state index in [4.69, 9.17) is 25.6 Å². The van der Waals surface area contributed by atoms with Gasteiger partial charge in [0.1, 0.15) is 13.2 Å². The first kappa shape index (κ1) is 20.8. The number of nitrogens with two attached hydrogens (primary N) is 1. The second kappa shape index (κ2) is 8.79. The van der Waals surface area contributed by atoms with E-state index in [2.05, 4.69) is 22.2 Å². The van der Waals surface area contributed by atoms with Gasteiger partial charge in [-0.05, 0) is 25.2 Å². The van der Waals surface area contributed by atoms with E-state index in [-0.39, 0.29) is 0 Å². The molecule has 0 fully saturated rings. The van der Waals surface area contributed by atoms with Crippen LogP contribution >= 0.6 is 0 Å². The lowest BCUT2D eigenvalue weighted by Crippen LogP contribution is -2.27. The maximum Gasteiger partial charge on any atom is 0.180 e. The average molecular weight is 444 g/mol. The van der Waals surface area contributed by atoms with Crippen LogP contribution in [0.2, 0.25) is 0 Å². The van der Waals surface area contributed by atoms with E-state index in [1.807, 2.05) is 53.2 Å². The van der Waals surface area contributed by atoms with Gasteiger partial charge in [0.25, 0.3) is 0 Å². The summed E-state index contributed by atoms with van der Waals surface area (Å²) in [4.78, 5) is 11.4. The summed E-state index contributed by atoms with van der Waals surface area (Å²) >= 11 is 0. The van der Waals surface area contributed by atoms with Crippen molar-refractivity contribution in [2.45, 2.75) is 0 Å². The number of fused-ring (bicyclic) bond motifs is 2. The maximum atomic E-state index is 7.46. The average Bonchev–Trinajstić information content (AvgIpc) is 3.31. The van der Waals surface area contributed by atoms with Crippen LogP contribution in [0.5, 0.6) is 11.5 Å². The SMILES string of the molecule is CN1CCOc2ccc(Nc3nc(-c4ccc(C=N)c(N)c4)cn4ccnc34)cc2OCC1. The van der Waals surface area contributed by atoms with Gasteiger partial charge in [-0.1, -0.05) is 12.1 Å². The smallest absolute Gasteiger partial charge is 0.180 e. The fraction of sp³-hybridized carbons (Fsp3) is 0.208. The molecule has 9 nitrogen and oxygen atoms in total. The lowest BCUT2D eigenvalue weighted by molar-refractivity contribution is 0.228. The summed E-state index contributed by atoms with van der Waals surface area (Å²) in [5, 5.41) is 10.8. The molecule has 0 saturated carbocycles. The van der Waals surface area contributed by atoms with Crippen LogP contribution in [0.25, 0.3) is 16.9 Å². The Morgan fingerprint density at radius 1 is 1.09 bits per heavy atom. The number of hydrogen-bond donors (Lipinski definition) is 3. The van der Waals surface area contributed by atoms with Crippen LogP contribution in [0.15, 0.2) is 55.0 Å². The van der Waals surface area contributed by atoms with Gasteiger partial charge in [0, 0.05) is 66.5 Å². The zero-order chi connectivity index (χ0) is 22.8. The molecular formula is C24H25N7O2. The Bertz CT molecular complexity index is 1320. The number of nitrogens with one attached hydrogen (secondary N) is 2. The predicted octanol–water partition coefficient (Wildman–Crippen LogP) is 3.42. The molecule has 0 saturated heterocycles. The molecule has 4 N–H and O–H groups in total. The van der Waals surface area contributed by atoms with E-state index < -0.39 is 0 Å². The van der Waals surface area contributed by atoms with E-state index in [1.165, 1.54) is 6.21 Å². The number of imidazole rings is 1. The molecule has 5 rings (SSSR count). The Labute approximate surface area is 191 Å². The minimum absolute atomic E-state index is 0.532. The molecule has 0 atom stereocenters. The van der Waals surface area contributed by atoms with Gasteiger partial charge in [-0.25, -0.2) is 9.97 Å². The van der Waals surface area contributed by atoms with E-state index >= 15 is 0 Å². The van der Waals surface area contributed by atoms with Crippen molar-refractivity contribution in [3.63, 3.8) is 0 Å². The first-order chi connectivity index (χ1) is 16.1. The van der Waals surface area contributed by atoms with Crippen molar-refractivity contribution in [1.82, 2.24) is 19.3 Å². The molecular weight excluding hydrogens is 418 g/mol. The first-order valence-electron chi connectivity index (χ1n) is 10.7. The van der Waals surface area contributed by atoms with Crippen molar-refractivity contribution in [2.75, 3.05) is 44.4 Å². The molecule has 1 aliphatic rings. The molecule has 1 aliphatic heterocycles. The summed E-state index contributed by atoms with van der Waals surface area (Å²) in [6, 6.07) is 11.3. The number of hydrogen-bond acceptors (Lipinski definition) is 8. The standard InChI is InChI=1S/C24H25N7O2/c1-30-8-10-32-21-5-4-18(13-22(21)33-11-9-30)28-23-24-27-6-7-31(24)15-20(29-23)16-2-3-17(14-25)19(26)12-16/h2-7,12-15,25H,8-11,26H2,1H3,(H,28,29). The van der Waals surface area contributed by atoms with Gasteiger partial charge < -0.3 is 30.3 Å². The normalized spacial score (nSPS) is 14.3. The minimum atomic E-state index is 0.532. The van der Waals surface area contributed by atoms with Crippen LogP contribution in [0.4, 0.5) is 17.2 Å². The van der Waals surface area contributed by atoms with Gasteiger partial charge in [0.2, 0.25) is 0 Å².